The van der Waals surface area contributed by atoms with Crippen molar-refractivity contribution in [3.05, 3.63) is 30.1 Å². The van der Waals surface area contributed by atoms with Crippen molar-refractivity contribution in [2.24, 2.45) is 11.8 Å². The number of carbonyl (C=O) groups is 2. The minimum atomic E-state index is -1.08. The lowest BCUT2D eigenvalue weighted by Crippen LogP contribution is -2.39. The highest BCUT2D eigenvalue weighted by atomic mass is 16.4. The van der Waals surface area contributed by atoms with Crippen LogP contribution in [0.4, 0.5) is 0 Å². The van der Waals surface area contributed by atoms with Gasteiger partial charge in [0.15, 0.2) is 0 Å². The average Bonchev–Trinajstić information content (AvgIpc) is 2.29. The predicted octanol–water partition coefficient (Wildman–Crippen LogP) is 1.40. The van der Waals surface area contributed by atoms with Crippen LogP contribution >= 0.6 is 0 Å². The summed E-state index contributed by atoms with van der Waals surface area (Å²) in [4.78, 5) is 28.6. The second-order valence-electron chi connectivity index (χ2n) is 4.58. The number of carbonyl (C=O) groups excluding carboxylic acids is 1. The van der Waals surface area contributed by atoms with Gasteiger partial charge < -0.3 is 10.0 Å². The normalized spacial score (nSPS) is 12.2. The van der Waals surface area contributed by atoms with E-state index in [-0.39, 0.29) is 11.8 Å². The lowest BCUT2D eigenvalue weighted by Gasteiger charge is -2.23. The summed E-state index contributed by atoms with van der Waals surface area (Å²) in [6, 6.07) is 5.42. The summed E-state index contributed by atoms with van der Waals surface area (Å²) in [6.07, 6.45) is 1.64. The summed E-state index contributed by atoms with van der Waals surface area (Å²) in [6.45, 7) is 3.77. The van der Waals surface area contributed by atoms with Gasteiger partial charge in [0, 0.05) is 13.2 Å². The Kier molecular flexibility index (Phi) is 4.83. The number of carboxylic acid groups (broad SMARTS) is 1. The number of aliphatic carboxylic acids is 1. The van der Waals surface area contributed by atoms with Crippen LogP contribution in [0, 0.1) is 11.8 Å². The molecule has 1 amide bonds. The Morgan fingerprint density at radius 1 is 1.39 bits per heavy atom. The van der Waals surface area contributed by atoms with Crippen LogP contribution in [0.25, 0.3) is 0 Å². The molecule has 0 bridgehead atoms. The number of carboxylic acids is 1. The molecule has 1 aromatic heterocycles. The van der Waals surface area contributed by atoms with Crippen LogP contribution in [-0.4, -0.2) is 33.9 Å². The number of nitrogens with zero attached hydrogens (tertiary/aromatic N) is 2. The first kappa shape index (κ1) is 14.2. The van der Waals surface area contributed by atoms with E-state index in [1.807, 2.05) is 6.07 Å². The maximum atomic E-state index is 12.0. The van der Waals surface area contributed by atoms with Crippen molar-refractivity contribution < 1.29 is 14.7 Å². The van der Waals surface area contributed by atoms with Crippen molar-refractivity contribution in [1.29, 1.82) is 0 Å². The van der Waals surface area contributed by atoms with Crippen LogP contribution in [-0.2, 0) is 16.1 Å². The molecule has 0 aliphatic rings. The summed E-state index contributed by atoms with van der Waals surface area (Å²) in [7, 11) is 1.59. The summed E-state index contributed by atoms with van der Waals surface area (Å²) < 4.78 is 0. The molecule has 98 valence electrons. The number of aromatic nitrogens is 1. The van der Waals surface area contributed by atoms with Gasteiger partial charge in [-0.05, 0) is 18.1 Å². The fourth-order valence-electron chi connectivity index (χ4n) is 1.73. The van der Waals surface area contributed by atoms with E-state index in [2.05, 4.69) is 4.98 Å². The summed E-state index contributed by atoms with van der Waals surface area (Å²) >= 11 is 0. The molecule has 0 aliphatic carbocycles. The van der Waals surface area contributed by atoms with Gasteiger partial charge in [-0.2, -0.15) is 0 Å². The quantitative estimate of drug-likeness (QED) is 0.802. The summed E-state index contributed by atoms with van der Waals surface area (Å²) in [5.74, 6) is -2.70. The average molecular weight is 250 g/mol. The van der Waals surface area contributed by atoms with Gasteiger partial charge in [-0.25, -0.2) is 0 Å². The molecule has 0 fully saturated rings. The van der Waals surface area contributed by atoms with Crippen LogP contribution in [0.3, 0.4) is 0 Å². The Hall–Kier alpha value is -1.91. The van der Waals surface area contributed by atoms with Gasteiger partial charge in [-0.3, -0.25) is 14.6 Å². The van der Waals surface area contributed by atoms with Crippen LogP contribution in [0.1, 0.15) is 19.5 Å². The van der Waals surface area contributed by atoms with Crippen molar-refractivity contribution in [2.45, 2.75) is 20.4 Å². The van der Waals surface area contributed by atoms with Crippen LogP contribution in [0.5, 0.6) is 0 Å². The number of hydrogen-bond donors (Lipinski definition) is 1. The van der Waals surface area contributed by atoms with E-state index in [1.165, 1.54) is 4.90 Å². The molecule has 0 saturated heterocycles. The molecule has 1 N–H and O–H groups in total. The Bertz CT molecular complexity index is 418. The first-order valence-corrected chi connectivity index (χ1v) is 5.81. The first-order chi connectivity index (χ1) is 8.43. The maximum Gasteiger partial charge on any atom is 0.316 e. The van der Waals surface area contributed by atoms with Crippen molar-refractivity contribution in [2.75, 3.05) is 7.05 Å². The van der Waals surface area contributed by atoms with E-state index in [4.69, 9.17) is 5.11 Å². The molecule has 1 heterocycles. The molecule has 0 aromatic carbocycles. The Morgan fingerprint density at radius 2 is 2.06 bits per heavy atom. The zero-order valence-corrected chi connectivity index (χ0v) is 10.8. The summed E-state index contributed by atoms with van der Waals surface area (Å²) in [5.41, 5.74) is 0.737. The molecule has 18 heavy (non-hydrogen) atoms. The van der Waals surface area contributed by atoms with Gasteiger partial charge in [0.05, 0.1) is 12.2 Å². The molecule has 0 radical (unpaired) electrons. The van der Waals surface area contributed by atoms with Gasteiger partial charge >= 0.3 is 5.97 Å². The summed E-state index contributed by atoms with van der Waals surface area (Å²) in [5, 5.41) is 9.07. The largest absolute Gasteiger partial charge is 0.481 e. The smallest absolute Gasteiger partial charge is 0.316 e. The fourth-order valence-corrected chi connectivity index (χ4v) is 1.73. The molecule has 0 aliphatic heterocycles. The molecule has 1 atom stereocenters. The topological polar surface area (TPSA) is 70.5 Å². The van der Waals surface area contributed by atoms with Crippen LogP contribution < -0.4 is 0 Å². The molecule has 1 rings (SSSR count). The Labute approximate surface area is 106 Å². The maximum absolute atomic E-state index is 12.0. The molecular weight excluding hydrogens is 232 g/mol. The number of rotatable bonds is 5. The SMILES string of the molecule is CC(C)C(C(=O)O)C(=O)N(C)Cc1ccccn1. The van der Waals surface area contributed by atoms with Crippen LogP contribution in [0.15, 0.2) is 24.4 Å². The molecule has 0 saturated carbocycles. The first-order valence-electron chi connectivity index (χ1n) is 5.81. The zero-order chi connectivity index (χ0) is 13.7. The van der Waals surface area contributed by atoms with Crippen molar-refractivity contribution in [1.82, 2.24) is 9.88 Å². The van der Waals surface area contributed by atoms with Crippen LogP contribution in [0.2, 0.25) is 0 Å². The highest BCUT2D eigenvalue weighted by molar-refractivity contribution is 5.97. The Morgan fingerprint density at radius 3 is 2.50 bits per heavy atom. The second kappa shape index (κ2) is 6.14. The van der Waals surface area contributed by atoms with Crippen molar-refractivity contribution >= 4 is 11.9 Å². The minimum absolute atomic E-state index is 0.235. The number of amides is 1. The lowest BCUT2D eigenvalue weighted by molar-refractivity contribution is -0.152. The van der Waals surface area contributed by atoms with Crippen molar-refractivity contribution in [3.63, 3.8) is 0 Å². The lowest BCUT2D eigenvalue weighted by atomic mass is 9.94. The third kappa shape index (κ3) is 3.55. The van der Waals surface area contributed by atoms with Crippen molar-refractivity contribution in [3.8, 4) is 0 Å². The van der Waals surface area contributed by atoms with Gasteiger partial charge in [0.1, 0.15) is 5.92 Å². The highest BCUT2D eigenvalue weighted by Gasteiger charge is 2.31. The molecule has 5 nitrogen and oxygen atoms in total. The molecule has 5 heteroatoms. The molecular formula is C13H18N2O3. The number of pyridine rings is 1. The monoisotopic (exact) mass is 250 g/mol. The van der Waals surface area contributed by atoms with E-state index < -0.39 is 11.9 Å². The third-order valence-corrected chi connectivity index (χ3v) is 2.70. The predicted molar refractivity (Wildman–Crippen MR) is 66.7 cm³/mol. The van der Waals surface area contributed by atoms with E-state index >= 15 is 0 Å². The second-order valence-corrected chi connectivity index (χ2v) is 4.58. The molecule has 0 spiro atoms. The zero-order valence-electron chi connectivity index (χ0n) is 10.8. The van der Waals surface area contributed by atoms with E-state index in [1.54, 1.807) is 39.2 Å². The van der Waals surface area contributed by atoms with Gasteiger partial charge in [0.25, 0.3) is 0 Å². The minimum Gasteiger partial charge on any atom is -0.481 e. The highest BCUT2D eigenvalue weighted by Crippen LogP contribution is 2.15. The van der Waals surface area contributed by atoms with Gasteiger partial charge in [-0.15, -0.1) is 0 Å². The molecule has 1 aromatic rings. The number of hydrogen-bond acceptors (Lipinski definition) is 3. The van der Waals surface area contributed by atoms with E-state index in [0.29, 0.717) is 6.54 Å². The standard InChI is InChI=1S/C13H18N2O3/c1-9(2)11(13(17)18)12(16)15(3)8-10-6-4-5-7-14-10/h4-7,9,11H,8H2,1-3H3,(H,17,18). The van der Waals surface area contributed by atoms with E-state index in [0.717, 1.165) is 5.69 Å². The van der Waals surface area contributed by atoms with Gasteiger partial charge in [0.2, 0.25) is 5.91 Å². The van der Waals surface area contributed by atoms with Gasteiger partial charge in [-0.1, -0.05) is 19.9 Å². The van der Waals surface area contributed by atoms with E-state index in [9.17, 15) is 9.59 Å². The Balaban J connectivity index is 2.74. The third-order valence-electron chi connectivity index (χ3n) is 2.70. The fraction of sp³-hybridized carbons (Fsp3) is 0.462. The molecule has 1 unspecified atom stereocenters.